The van der Waals surface area contributed by atoms with Crippen LogP contribution in [0.2, 0.25) is 0 Å². The predicted molar refractivity (Wildman–Crippen MR) is 113 cm³/mol. The van der Waals surface area contributed by atoms with Crippen molar-refractivity contribution in [1.29, 1.82) is 0 Å². The molecule has 0 saturated carbocycles. The maximum Gasteiger partial charge on any atom is 0.269 e. The van der Waals surface area contributed by atoms with Crippen LogP contribution >= 0.6 is 24.0 Å². The molecule has 2 aromatic carbocycles. The van der Waals surface area contributed by atoms with Crippen molar-refractivity contribution in [2.75, 3.05) is 11.9 Å². The lowest BCUT2D eigenvalue weighted by atomic mass is 10.2. The van der Waals surface area contributed by atoms with Gasteiger partial charge < -0.3 is 5.32 Å². The van der Waals surface area contributed by atoms with Crippen molar-refractivity contribution in [3.63, 3.8) is 0 Å². The number of hydrogen-bond donors (Lipinski definition) is 1. The molecule has 0 unspecified atom stereocenters. The number of nitro groups is 1. The van der Waals surface area contributed by atoms with Gasteiger partial charge in [0.1, 0.15) is 10.9 Å². The van der Waals surface area contributed by atoms with E-state index in [4.69, 9.17) is 12.2 Å². The molecule has 0 aliphatic carbocycles. The molecule has 0 spiro atoms. The monoisotopic (exact) mass is 413 g/mol. The van der Waals surface area contributed by atoms with Gasteiger partial charge in [-0.1, -0.05) is 36.1 Å². The number of aryl methyl sites for hydroxylation is 1. The van der Waals surface area contributed by atoms with E-state index < -0.39 is 4.92 Å². The van der Waals surface area contributed by atoms with Gasteiger partial charge in [0.05, 0.1) is 9.83 Å². The first-order valence-corrected chi connectivity index (χ1v) is 9.42. The number of amides is 2. The van der Waals surface area contributed by atoms with E-state index in [0.29, 0.717) is 16.2 Å². The van der Waals surface area contributed by atoms with Crippen LogP contribution < -0.4 is 5.32 Å². The zero-order valence-corrected chi connectivity index (χ0v) is 16.4. The van der Waals surface area contributed by atoms with Gasteiger partial charge in [-0.3, -0.25) is 24.6 Å². The van der Waals surface area contributed by atoms with Gasteiger partial charge in [0.15, 0.2) is 0 Å². The number of thioether (sulfide) groups is 1. The first-order valence-electron chi connectivity index (χ1n) is 8.20. The summed E-state index contributed by atoms with van der Waals surface area (Å²) in [6, 6.07) is 13.2. The van der Waals surface area contributed by atoms with E-state index in [9.17, 15) is 19.7 Å². The molecular formula is C19H15N3O4S2. The average Bonchev–Trinajstić information content (AvgIpc) is 2.89. The highest BCUT2D eigenvalue weighted by molar-refractivity contribution is 8.26. The molecule has 1 aliphatic rings. The van der Waals surface area contributed by atoms with Crippen LogP contribution in [0, 0.1) is 17.0 Å². The van der Waals surface area contributed by atoms with Crippen LogP contribution in [-0.4, -0.2) is 32.5 Å². The first kappa shape index (κ1) is 19.7. The molecule has 0 atom stereocenters. The fraction of sp³-hybridized carbons (Fsp3) is 0.105. The summed E-state index contributed by atoms with van der Waals surface area (Å²) in [5, 5.41) is 13.5. The Morgan fingerprint density at radius 2 is 2.00 bits per heavy atom. The summed E-state index contributed by atoms with van der Waals surface area (Å²) in [6.45, 7) is 1.73. The largest absolute Gasteiger partial charge is 0.325 e. The summed E-state index contributed by atoms with van der Waals surface area (Å²) in [5.74, 6) is -0.716. The Labute approximate surface area is 170 Å². The summed E-state index contributed by atoms with van der Waals surface area (Å²) < 4.78 is 0.289. The fourth-order valence-corrected chi connectivity index (χ4v) is 3.80. The van der Waals surface area contributed by atoms with Gasteiger partial charge in [-0.2, -0.15) is 0 Å². The maximum absolute atomic E-state index is 12.6. The molecule has 1 aliphatic heterocycles. The van der Waals surface area contributed by atoms with Crippen molar-refractivity contribution >= 4 is 57.6 Å². The SMILES string of the molecule is Cc1cccc(NC(=O)CN2C(=O)/C(=C/c3ccc([N+](=O)[O-])cc3)SC2=S)c1. The highest BCUT2D eigenvalue weighted by Crippen LogP contribution is 2.32. The van der Waals surface area contributed by atoms with E-state index in [1.165, 1.54) is 17.0 Å². The number of nitro benzene ring substituents is 1. The van der Waals surface area contributed by atoms with E-state index in [-0.39, 0.29) is 28.4 Å². The zero-order valence-electron chi connectivity index (χ0n) is 14.7. The Hall–Kier alpha value is -3.04. The number of carbonyl (C=O) groups excluding carboxylic acids is 2. The van der Waals surface area contributed by atoms with Crippen LogP contribution in [-0.2, 0) is 9.59 Å². The molecule has 1 saturated heterocycles. The normalized spacial score (nSPS) is 15.2. The molecule has 7 nitrogen and oxygen atoms in total. The van der Waals surface area contributed by atoms with Crippen LogP contribution in [0.3, 0.4) is 0 Å². The Bertz CT molecular complexity index is 1000. The first-order chi connectivity index (χ1) is 13.3. The van der Waals surface area contributed by atoms with Crippen LogP contribution in [0.25, 0.3) is 6.08 Å². The van der Waals surface area contributed by atoms with Gasteiger partial charge >= 0.3 is 0 Å². The molecule has 9 heteroatoms. The predicted octanol–water partition coefficient (Wildman–Crippen LogP) is 3.74. The molecule has 2 aromatic rings. The highest BCUT2D eigenvalue weighted by atomic mass is 32.2. The minimum atomic E-state index is -0.490. The summed E-state index contributed by atoms with van der Waals surface area (Å²) in [4.78, 5) is 36.7. The number of rotatable bonds is 5. The number of thiocarbonyl (C=S) groups is 1. The number of nitrogens with one attached hydrogen (secondary N) is 1. The van der Waals surface area contributed by atoms with E-state index in [1.807, 2.05) is 25.1 Å². The van der Waals surface area contributed by atoms with Gasteiger partial charge in [-0.15, -0.1) is 0 Å². The second-order valence-electron chi connectivity index (χ2n) is 6.03. The van der Waals surface area contributed by atoms with Crippen molar-refractivity contribution in [2.24, 2.45) is 0 Å². The summed E-state index contributed by atoms with van der Waals surface area (Å²) in [5.41, 5.74) is 2.26. The summed E-state index contributed by atoms with van der Waals surface area (Å²) >= 11 is 6.32. The lowest BCUT2D eigenvalue weighted by Gasteiger charge is -2.14. The molecule has 2 amide bonds. The molecule has 0 aromatic heterocycles. The lowest BCUT2D eigenvalue weighted by Crippen LogP contribution is -2.36. The van der Waals surface area contributed by atoms with Gasteiger partial charge in [0.2, 0.25) is 5.91 Å². The Balaban J connectivity index is 1.69. The topological polar surface area (TPSA) is 92.6 Å². The van der Waals surface area contributed by atoms with Gasteiger partial charge in [0, 0.05) is 17.8 Å². The van der Waals surface area contributed by atoms with Crippen LogP contribution in [0.5, 0.6) is 0 Å². The quantitative estimate of drug-likeness (QED) is 0.347. The fourth-order valence-electron chi connectivity index (χ4n) is 2.55. The van der Waals surface area contributed by atoms with Crippen molar-refractivity contribution in [3.8, 4) is 0 Å². The van der Waals surface area contributed by atoms with Crippen molar-refractivity contribution < 1.29 is 14.5 Å². The molecule has 1 N–H and O–H groups in total. The molecule has 142 valence electrons. The number of anilines is 1. The van der Waals surface area contributed by atoms with Crippen LogP contribution in [0.4, 0.5) is 11.4 Å². The van der Waals surface area contributed by atoms with Gasteiger partial charge in [-0.25, -0.2) is 0 Å². The molecule has 3 rings (SSSR count). The second-order valence-corrected chi connectivity index (χ2v) is 7.71. The Kier molecular flexibility index (Phi) is 5.86. The minimum Gasteiger partial charge on any atom is -0.325 e. The number of benzene rings is 2. The van der Waals surface area contributed by atoms with E-state index in [0.717, 1.165) is 17.3 Å². The van der Waals surface area contributed by atoms with Crippen LogP contribution in [0.15, 0.2) is 53.4 Å². The maximum atomic E-state index is 12.6. The second kappa shape index (κ2) is 8.32. The highest BCUT2D eigenvalue weighted by Gasteiger charge is 2.33. The van der Waals surface area contributed by atoms with Crippen molar-refractivity contribution in [1.82, 2.24) is 4.90 Å². The minimum absolute atomic E-state index is 0.0301. The molecule has 0 radical (unpaired) electrons. The van der Waals surface area contributed by atoms with Crippen molar-refractivity contribution in [3.05, 3.63) is 74.7 Å². The summed E-state index contributed by atoms with van der Waals surface area (Å²) in [7, 11) is 0. The number of non-ortho nitro benzene ring substituents is 1. The Morgan fingerprint density at radius 1 is 1.29 bits per heavy atom. The van der Waals surface area contributed by atoms with E-state index >= 15 is 0 Å². The number of carbonyl (C=O) groups is 2. The average molecular weight is 413 g/mol. The number of hydrogen-bond acceptors (Lipinski definition) is 6. The number of nitrogens with zero attached hydrogens (tertiary/aromatic N) is 2. The van der Waals surface area contributed by atoms with E-state index in [2.05, 4.69) is 5.32 Å². The smallest absolute Gasteiger partial charge is 0.269 e. The molecule has 0 bridgehead atoms. The van der Waals surface area contributed by atoms with Crippen molar-refractivity contribution in [2.45, 2.75) is 6.92 Å². The van der Waals surface area contributed by atoms with Gasteiger partial charge in [-0.05, 0) is 48.4 Å². The standard InChI is InChI=1S/C19H15N3O4S2/c1-12-3-2-4-14(9-12)20-17(23)11-21-18(24)16(28-19(21)27)10-13-5-7-15(8-6-13)22(25)26/h2-10H,11H2,1H3,(H,20,23)/b16-10-. The van der Waals surface area contributed by atoms with Crippen LogP contribution in [0.1, 0.15) is 11.1 Å². The summed E-state index contributed by atoms with van der Waals surface area (Å²) in [6.07, 6.45) is 1.60. The van der Waals surface area contributed by atoms with E-state index in [1.54, 1.807) is 24.3 Å². The molecular weight excluding hydrogens is 398 g/mol. The van der Waals surface area contributed by atoms with Gasteiger partial charge in [0.25, 0.3) is 11.6 Å². The lowest BCUT2D eigenvalue weighted by molar-refractivity contribution is -0.384. The third-order valence-electron chi connectivity index (χ3n) is 3.88. The Morgan fingerprint density at radius 3 is 2.64 bits per heavy atom. The molecule has 1 fully saturated rings. The third kappa shape index (κ3) is 4.62. The molecule has 28 heavy (non-hydrogen) atoms. The molecule has 1 heterocycles. The zero-order chi connectivity index (χ0) is 20.3. The third-order valence-corrected chi connectivity index (χ3v) is 5.26.